The summed E-state index contributed by atoms with van der Waals surface area (Å²) >= 11 is 0. The largest absolute Gasteiger partial charge is 0.496 e. The first-order valence-electron chi connectivity index (χ1n) is 13.5. The Kier molecular flexibility index (Phi) is 9.32. The summed E-state index contributed by atoms with van der Waals surface area (Å²) in [6.45, 7) is 15.1. The van der Waals surface area contributed by atoms with E-state index in [1.165, 1.54) is 0 Å². The topological polar surface area (TPSA) is 90.4 Å². The number of methoxy groups -OCH3 is 1. The van der Waals surface area contributed by atoms with Gasteiger partial charge in [0.2, 0.25) is 0 Å². The molecule has 37 heavy (non-hydrogen) atoms. The first kappa shape index (κ1) is 29.0. The number of anilines is 1. The van der Waals surface area contributed by atoms with Crippen molar-refractivity contribution in [3.8, 4) is 5.75 Å². The van der Waals surface area contributed by atoms with E-state index in [0.29, 0.717) is 25.5 Å². The standard InChI is InChI=1S/C28H45N3O6/c1-19-12-13-22-23(34-8)17-20(29-24(22)31(19)26(33)37-28(5,6)7)11-9-10-16-35-21-14-15-30(18-21)25(32)36-27(2,3)4/h17,19,21H,9-16,18H2,1-8H3. The quantitative estimate of drug-likeness (QED) is 0.438. The maximum atomic E-state index is 13.0. The van der Waals surface area contributed by atoms with E-state index in [1.807, 2.05) is 54.5 Å². The van der Waals surface area contributed by atoms with Gasteiger partial charge < -0.3 is 23.8 Å². The zero-order valence-corrected chi connectivity index (χ0v) is 23.9. The first-order chi connectivity index (χ1) is 17.3. The van der Waals surface area contributed by atoms with Gasteiger partial charge >= 0.3 is 12.2 Å². The average Bonchev–Trinajstić information content (AvgIpc) is 3.25. The predicted molar refractivity (Wildman–Crippen MR) is 142 cm³/mol. The molecule has 2 amide bonds. The van der Waals surface area contributed by atoms with E-state index >= 15 is 0 Å². The number of ether oxygens (including phenoxy) is 4. The summed E-state index contributed by atoms with van der Waals surface area (Å²) in [5, 5.41) is 0. The van der Waals surface area contributed by atoms with Crippen molar-refractivity contribution in [1.82, 2.24) is 9.88 Å². The minimum atomic E-state index is -0.584. The molecule has 1 aromatic rings. The monoisotopic (exact) mass is 519 g/mol. The number of amides is 2. The third-order valence-corrected chi connectivity index (χ3v) is 6.38. The zero-order valence-electron chi connectivity index (χ0n) is 23.9. The molecule has 3 rings (SSSR count). The van der Waals surface area contributed by atoms with E-state index in [9.17, 15) is 9.59 Å². The lowest BCUT2D eigenvalue weighted by molar-refractivity contribution is 0.0206. The van der Waals surface area contributed by atoms with E-state index in [4.69, 9.17) is 23.9 Å². The molecule has 2 aliphatic rings. The minimum Gasteiger partial charge on any atom is -0.496 e. The van der Waals surface area contributed by atoms with E-state index in [2.05, 4.69) is 0 Å². The van der Waals surface area contributed by atoms with Gasteiger partial charge in [-0.1, -0.05) is 0 Å². The Balaban J connectivity index is 1.54. The third-order valence-electron chi connectivity index (χ3n) is 6.38. The molecule has 1 aromatic heterocycles. The van der Waals surface area contributed by atoms with Crippen LogP contribution in [0.3, 0.4) is 0 Å². The number of likely N-dealkylation sites (tertiary alicyclic amines) is 1. The van der Waals surface area contributed by atoms with Crippen LogP contribution in [0.15, 0.2) is 6.07 Å². The van der Waals surface area contributed by atoms with Crippen LogP contribution in [0.4, 0.5) is 15.4 Å². The van der Waals surface area contributed by atoms with Gasteiger partial charge in [-0.25, -0.2) is 14.6 Å². The molecule has 208 valence electrons. The predicted octanol–water partition coefficient (Wildman–Crippen LogP) is 5.52. The lowest BCUT2D eigenvalue weighted by atomic mass is 9.98. The zero-order chi connectivity index (χ0) is 27.4. The Labute approximate surface area is 221 Å². The van der Waals surface area contributed by atoms with Crippen molar-refractivity contribution in [2.45, 2.75) is 110 Å². The molecule has 3 heterocycles. The second kappa shape index (κ2) is 11.9. The van der Waals surface area contributed by atoms with Gasteiger partial charge in [0.15, 0.2) is 0 Å². The van der Waals surface area contributed by atoms with Gasteiger partial charge in [0, 0.05) is 36.5 Å². The summed E-state index contributed by atoms with van der Waals surface area (Å²) < 4.78 is 22.9. The number of aryl methyl sites for hydroxylation is 1. The molecule has 1 saturated heterocycles. The molecule has 0 spiro atoms. The lowest BCUT2D eigenvalue weighted by Crippen LogP contribution is -2.45. The van der Waals surface area contributed by atoms with Crippen LogP contribution < -0.4 is 9.64 Å². The van der Waals surface area contributed by atoms with Crippen LogP contribution in [0.1, 0.15) is 85.4 Å². The van der Waals surface area contributed by atoms with Crippen molar-refractivity contribution in [2.75, 3.05) is 31.7 Å². The van der Waals surface area contributed by atoms with E-state index in [0.717, 1.165) is 55.5 Å². The molecule has 2 aliphatic heterocycles. The Morgan fingerprint density at radius 1 is 1.03 bits per heavy atom. The number of hydrogen-bond acceptors (Lipinski definition) is 7. The smallest absolute Gasteiger partial charge is 0.416 e. The van der Waals surface area contributed by atoms with Gasteiger partial charge in [-0.3, -0.25) is 4.90 Å². The maximum Gasteiger partial charge on any atom is 0.416 e. The van der Waals surface area contributed by atoms with Crippen LogP contribution in [0.2, 0.25) is 0 Å². The molecule has 0 saturated carbocycles. The minimum absolute atomic E-state index is 0.00476. The Bertz CT molecular complexity index is 952. The summed E-state index contributed by atoms with van der Waals surface area (Å²) in [4.78, 5) is 33.6. The Morgan fingerprint density at radius 2 is 1.70 bits per heavy atom. The molecule has 0 aromatic carbocycles. The van der Waals surface area contributed by atoms with Gasteiger partial charge in [0.1, 0.15) is 22.8 Å². The number of carbonyl (C=O) groups excluding carboxylic acids is 2. The summed E-state index contributed by atoms with van der Waals surface area (Å²) in [6, 6.07) is 1.98. The Morgan fingerprint density at radius 3 is 2.35 bits per heavy atom. The summed E-state index contributed by atoms with van der Waals surface area (Å²) in [5.74, 6) is 1.41. The van der Waals surface area contributed by atoms with Crippen LogP contribution >= 0.6 is 0 Å². The number of rotatable bonds is 7. The fourth-order valence-electron chi connectivity index (χ4n) is 4.61. The fraction of sp³-hybridized carbons (Fsp3) is 0.750. The van der Waals surface area contributed by atoms with Gasteiger partial charge in [-0.15, -0.1) is 0 Å². The molecule has 0 aliphatic carbocycles. The fourth-order valence-corrected chi connectivity index (χ4v) is 4.61. The number of hydrogen-bond donors (Lipinski definition) is 0. The van der Waals surface area contributed by atoms with Crippen molar-refractivity contribution in [3.05, 3.63) is 17.3 Å². The highest BCUT2D eigenvalue weighted by Gasteiger charge is 2.35. The molecule has 2 unspecified atom stereocenters. The highest BCUT2D eigenvalue weighted by atomic mass is 16.6. The van der Waals surface area contributed by atoms with Crippen molar-refractivity contribution >= 4 is 18.0 Å². The van der Waals surface area contributed by atoms with Crippen LogP contribution in [-0.4, -0.2) is 72.2 Å². The SMILES string of the molecule is COc1cc(CCCCOC2CCN(C(=O)OC(C)(C)C)C2)nc2c1CCC(C)N2C(=O)OC(C)(C)C. The molecule has 0 radical (unpaired) electrons. The van der Waals surface area contributed by atoms with Crippen LogP contribution in [0, 0.1) is 0 Å². The van der Waals surface area contributed by atoms with Crippen molar-refractivity contribution in [1.29, 1.82) is 0 Å². The van der Waals surface area contributed by atoms with Crippen molar-refractivity contribution in [2.24, 2.45) is 0 Å². The molecular weight excluding hydrogens is 474 g/mol. The normalized spacial score (nSPS) is 20.0. The van der Waals surface area contributed by atoms with Gasteiger partial charge in [0.25, 0.3) is 0 Å². The molecular formula is C28H45N3O6. The van der Waals surface area contributed by atoms with Crippen LogP contribution in [0.25, 0.3) is 0 Å². The molecule has 9 nitrogen and oxygen atoms in total. The Hall–Kier alpha value is -2.55. The molecule has 2 atom stereocenters. The van der Waals surface area contributed by atoms with E-state index in [1.54, 1.807) is 16.9 Å². The van der Waals surface area contributed by atoms with Crippen LogP contribution in [0.5, 0.6) is 5.75 Å². The van der Waals surface area contributed by atoms with Crippen molar-refractivity contribution < 1.29 is 28.5 Å². The highest BCUT2D eigenvalue weighted by molar-refractivity contribution is 5.89. The second-order valence-corrected chi connectivity index (χ2v) is 12.0. The molecule has 1 fully saturated rings. The van der Waals surface area contributed by atoms with Gasteiger partial charge in [0.05, 0.1) is 19.8 Å². The summed E-state index contributed by atoms with van der Waals surface area (Å²) in [7, 11) is 1.66. The van der Waals surface area contributed by atoms with Gasteiger partial charge in [-0.2, -0.15) is 0 Å². The van der Waals surface area contributed by atoms with E-state index < -0.39 is 11.2 Å². The summed E-state index contributed by atoms with van der Waals surface area (Å²) in [6.07, 6.45) is 4.35. The number of nitrogens with zero attached hydrogens (tertiary/aromatic N) is 3. The maximum absolute atomic E-state index is 13.0. The number of unbranched alkanes of at least 4 members (excludes halogenated alkanes) is 1. The van der Waals surface area contributed by atoms with Gasteiger partial charge in [-0.05, 0) is 87.0 Å². The number of fused-ring (bicyclic) bond motifs is 1. The molecule has 0 bridgehead atoms. The number of aromatic nitrogens is 1. The molecule has 0 N–H and O–H groups in total. The number of pyridine rings is 1. The highest BCUT2D eigenvalue weighted by Crippen LogP contribution is 2.37. The average molecular weight is 520 g/mol. The molecule has 9 heteroatoms. The lowest BCUT2D eigenvalue weighted by Gasteiger charge is -2.36. The van der Waals surface area contributed by atoms with Crippen LogP contribution in [-0.2, 0) is 27.1 Å². The van der Waals surface area contributed by atoms with E-state index in [-0.39, 0.29) is 24.3 Å². The third kappa shape index (κ3) is 8.22. The number of carbonyl (C=O) groups is 2. The van der Waals surface area contributed by atoms with Crippen molar-refractivity contribution in [3.63, 3.8) is 0 Å². The summed E-state index contributed by atoms with van der Waals surface area (Å²) in [5.41, 5.74) is 0.759. The second-order valence-electron chi connectivity index (χ2n) is 12.0. The first-order valence-corrected chi connectivity index (χ1v) is 13.5.